The first-order valence-corrected chi connectivity index (χ1v) is 12.1. The van der Waals surface area contributed by atoms with Crippen molar-refractivity contribution in [2.75, 3.05) is 40.3 Å². The molecular weight excluding hydrogens is 414 g/mol. The Balaban J connectivity index is 1.43. The van der Waals surface area contributed by atoms with Gasteiger partial charge in [0.2, 0.25) is 0 Å². The number of amides is 2. The Morgan fingerprint density at radius 1 is 0.970 bits per heavy atom. The molecule has 0 N–H and O–H groups in total. The van der Waals surface area contributed by atoms with Crippen LogP contribution in [0.2, 0.25) is 0 Å². The van der Waals surface area contributed by atoms with Gasteiger partial charge in [0.1, 0.15) is 5.82 Å². The predicted molar refractivity (Wildman–Crippen MR) is 128 cm³/mol. The van der Waals surface area contributed by atoms with Crippen molar-refractivity contribution in [3.05, 3.63) is 58.7 Å². The molecule has 176 valence electrons. The van der Waals surface area contributed by atoms with Crippen LogP contribution in [0.5, 0.6) is 0 Å². The van der Waals surface area contributed by atoms with Crippen LogP contribution in [0.3, 0.4) is 0 Å². The van der Waals surface area contributed by atoms with Crippen molar-refractivity contribution in [1.82, 2.24) is 24.7 Å². The third kappa shape index (κ3) is 5.58. The number of aromatic nitrogens is 2. The van der Waals surface area contributed by atoms with E-state index in [0.29, 0.717) is 12.1 Å². The zero-order valence-corrected chi connectivity index (χ0v) is 20.1. The molecule has 0 spiro atoms. The van der Waals surface area contributed by atoms with E-state index in [1.807, 2.05) is 55.1 Å². The maximum Gasteiger partial charge on any atom is 0.257 e. The van der Waals surface area contributed by atoms with Crippen LogP contribution < -0.4 is 0 Å². The number of carbonyl (C=O) groups excluding carboxylic acids is 2. The molecule has 0 bridgehead atoms. The quantitative estimate of drug-likeness (QED) is 0.699. The number of rotatable bonds is 5. The van der Waals surface area contributed by atoms with Gasteiger partial charge < -0.3 is 14.7 Å². The molecule has 2 aliphatic heterocycles. The zero-order chi connectivity index (χ0) is 23.4. The second kappa shape index (κ2) is 10.4. The molecule has 3 heterocycles. The number of aryl methyl sites for hydroxylation is 1. The molecule has 2 fully saturated rings. The van der Waals surface area contributed by atoms with Gasteiger partial charge in [-0.2, -0.15) is 0 Å². The number of benzene rings is 1. The molecule has 1 unspecified atom stereocenters. The van der Waals surface area contributed by atoms with E-state index in [-0.39, 0.29) is 17.7 Å². The van der Waals surface area contributed by atoms with Crippen molar-refractivity contribution >= 4 is 11.8 Å². The molecule has 1 aromatic heterocycles. The van der Waals surface area contributed by atoms with Gasteiger partial charge in [0, 0.05) is 50.4 Å². The fourth-order valence-electron chi connectivity index (χ4n) is 4.83. The predicted octanol–water partition coefficient (Wildman–Crippen LogP) is 3.49. The molecule has 33 heavy (non-hydrogen) atoms. The molecule has 7 nitrogen and oxygen atoms in total. The average Bonchev–Trinajstić information content (AvgIpc) is 2.84. The Kier molecular flexibility index (Phi) is 7.38. The van der Waals surface area contributed by atoms with Crippen molar-refractivity contribution in [3.63, 3.8) is 0 Å². The first-order valence-electron chi connectivity index (χ1n) is 12.1. The van der Waals surface area contributed by atoms with Gasteiger partial charge in [-0.1, -0.05) is 12.1 Å². The smallest absolute Gasteiger partial charge is 0.257 e. The third-order valence-corrected chi connectivity index (χ3v) is 6.65. The highest BCUT2D eigenvalue weighted by Gasteiger charge is 2.28. The Morgan fingerprint density at radius 3 is 2.33 bits per heavy atom. The molecule has 7 heteroatoms. The lowest BCUT2D eigenvalue weighted by atomic mass is 9.96. The Morgan fingerprint density at radius 2 is 1.67 bits per heavy atom. The average molecular weight is 450 g/mol. The van der Waals surface area contributed by atoms with E-state index >= 15 is 0 Å². The first-order chi connectivity index (χ1) is 15.9. The van der Waals surface area contributed by atoms with E-state index in [0.717, 1.165) is 68.9 Å². The van der Waals surface area contributed by atoms with Gasteiger partial charge in [0.25, 0.3) is 11.8 Å². The minimum atomic E-state index is 0.0388. The number of hydrogen-bond acceptors (Lipinski definition) is 5. The van der Waals surface area contributed by atoms with E-state index in [2.05, 4.69) is 9.88 Å². The summed E-state index contributed by atoms with van der Waals surface area (Å²) in [6.07, 6.45) is 6.88. The van der Waals surface area contributed by atoms with E-state index in [1.54, 1.807) is 6.20 Å². The summed E-state index contributed by atoms with van der Waals surface area (Å²) in [7, 11) is 4.07. The fraction of sp³-hybridized carbons (Fsp3) is 0.538. The van der Waals surface area contributed by atoms with E-state index < -0.39 is 0 Å². The van der Waals surface area contributed by atoms with Gasteiger partial charge in [-0.25, -0.2) is 9.97 Å². The summed E-state index contributed by atoms with van der Waals surface area (Å²) in [6.45, 7) is 5.73. The minimum Gasteiger partial charge on any atom is -0.339 e. The number of nitrogens with zero attached hydrogens (tertiary/aromatic N) is 5. The molecular formula is C26H35N5O2. The van der Waals surface area contributed by atoms with Gasteiger partial charge in [0.15, 0.2) is 0 Å². The van der Waals surface area contributed by atoms with Crippen LogP contribution in [0, 0.1) is 6.92 Å². The highest BCUT2D eigenvalue weighted by molar-refractivity contribution is 5.95. The lowest BCUT2D eigenvalue weighted by Gasteiger charge is -2.32. The fourth-order valence-corrected chi connectivity index (χ4v) is 4.83. The lowest BCUT2D eigenvalue weighted by Crippen LogP contribution is -2.39. The zero-order valence-electron chi connectivity index (χ0n) is 20.1. The summed E-state index contributed by atoms with van der Waals surface area (Å²) in [5.74, 6) is 0.928. The summed E-state index contributed by atoms with van der Waals surface area (Å²) in [6, 6.07) is 7.90. The Hall–Kier alpha value is -2.80. The van der Waals surface area contributed by atoms with E-state index in [1.165, 1.54) is 12.0 Å². The molecule has 1 aromatic carbocycles. The molecule has 0 radical (unpaired) electrons. The summed E-state index contributed by atoms with van der Waals surface area (Å²) in [5.41, 5.74) is 3.24. The van der Waals surface area contributed by atoms with Gasteiger partial charge in [-0.05, 0) is 70.8 Å². The maximum absolute atomic E-state index is 13.1. The molecule has 2 aliphatic rings. The highest BCUT2D eigenvalue weighted by atomic mass is 16.2. The monoisotopic (exact) mass is 449 g/mol. The highest BCUT2D eigenvalue weighted by Crippen LogP contribution is 2.26. The van der Waals surface area contributed by atoms with Gasteiger partial charge in [-0.3, -0.25) is 9.59 Å². The van der Waals surface area contributed by atoms with Gasteiger partial charge in [0.05, 0.1) is 11.3 Å². The van der Waals surface area contributed by atoms with Crippen LogP contribution in [-0.4, -0.2) is 76.8 Å². The number of likely N-dealkylation sites (tertiary alicyclic amines) is 2. The summed E-state index contributed by atoms with van der Waals surface area (Å²) in [4.78, 5) is 41.2. The Bertz CT molecular complexity index is 983. The SMILES string of the molecule is Cc1nc(C2CCCN(C(=O)c3ccc(CN(C)C)cc3)C2)ncc1C(=O)N1CCCCC1. The Labute approximate surface area is 196 Å². The van der Waals surface area contributed by atoms with Crippen molar-refractivity contribution in [2.24, 2.45) is 0 Å². The van der Waals surface area contributed by atoms with E-state index in [4.69, 9.17) is 4.98 Å². The van der Waals surface area contributed by atoms with Crippen LogP contribution in [0.4, 0.5) is 0 Å². The second-order valence-electron chi connectivity index (χ2n) is 9.61. The van der Waals surface area contributed by atoms with Crippen LogP contribution in [0.1, 0.15) is 75.8 Å². The van der Waals surface area contributed by atoms with Crippen LogP contribution in [-0.2, 0) is 6.54 Å². The van der Waals surface area contributed by atoms with E-state index in [9.17, 15) is 9.59 Å². The van der Waals surface area contributed by atoms with Gasteiger partial charge >= 0.3 is 0 Å². The molecule has 2 saturated heterocycles. The molecule has 4 rings (SSSR count). The summed E-state index contributed by atoms with van der Waals surface area (Å²) < 4.78 is 0. The molecule has 2 amide bonds. The molecule has 1 atom stereocenters. The van der Waals surface area contributed by atoms with Crippen LogP contribution >= 0.6 is 0 Å². The summed E-state index contributed by atoms with van der Waals surface area (Å²) in [5, 5.41) is 0. The van der Waals surface area contributed by atoms with Crippen molar-refractivity contribution in [2.45, 2.75) is 51.5 Å². The van der Waals surface area contributed by atoms with Crippen LogP contribution in [0.15, 0.2) is 30.5 Å². The normalized spacial score (nSPS) is 19.1. The standard InChI is InChI=1S/C26H35N5O2/c1-19-23(26(33)30-13-5-4-6-14-30)16-27-24(28-19)22-8-7-15-31(18-22)25(32)21-11-9-20(10-12-21)17-29(2)3/h9-12,16,22H,4-8,13-15,17-18H2,1-3H3. The number of hydrogen-bond donors (Lipinski definition) is 0. The molecule has 0 saturated carbocycles. The maximum atomic E-state index is 13.1. The molecule has 0 aliphatic carbocycles. The van der Waals surface area contributed by atoms with Crippen molar-refractivity contribution < 1.29 is 9.59 Å². The molecule has 2 aromatic rings. The lowest BCUT2D eigenvalue weighted by molar-refractivity contribution is 0.0704. The minimum absolute atomic E-state index is 0.0388. The third-order valence-electron chi connectivity index (χ3n) is 6.65. The number of piperidine rings is 2. The topological polar surface area (TPSA) is 69.6 Å². The number of carbonyl (C=O) groups is 2. The first kappa shape index (κ1) is 23.4. The van der Waals surface area contributed by atoms with Crippen LogP contribution in [0.25, 0.3) is 0 Å². The van der Waals surface area contributed by atoms with Crippen molar-refractivity contribution in [1.29, 1.82) is 0 Å². The largest absolute Gasteiger partial charge is 0.339 e. The van der Waals surface area contributed by atoms with Gasteiger partial charge in [-0.15, -0.1) is 0 Å². The summed E-state index contributed by atoms with van der Waals surface area (Å²) >= 11 is 0. The van der Waals surface area contributed by atoms with Crippen molar-refractivity contribution in [3.8, 4) is 0 Å². The second-order valence-corrected chi connectivity index (χ2v) is 9.61.